The van der Waals surface area contributed by atoms with Crippen molar-refractivity contribution in [2.24, 2.45) is 0 Å². The number of rotatable bonds is 3. The topological polar surface area (TPSA) is 29.1 Å². The van der Waals surface area contributed by atoms with Gasteiger partial charge in [-0.1, -0.05) is 19.3 Å². The first kappa shape index (κ1) is 15.2. The zero-order valence-electron chi connectivity index (χ0n) is 10.8. The van der Waals surface area contributed by atoms with Gasteiger partial charge < -0.3 is 5.32 Å². The van der Waals surface area contributed by atoms with Gasteiger partial charge in [-0.25, -0.2) is 13.2 Å². The minimum absolute atomic E-state index is 0.239. The van der Waals surface area contributed by atoms with Gasteiger partial charge in [-0.2, -0.15) is 0 Å². The number of amides is 1. The van der Waals surface area contributed by atoms with Crippen molar-refractivity contribution in [3.63, 3.8) is 0 Å². The van der Waals surface area contributed by atoms with Crippen molar-refractivity contribution in [1.82, 2.24) is 5.32 Å². The second-order valence-electron chi connectivity index (χ2n) is 5.18. The monoisotopic (exact) mass is 305 g/mol. The van der Waals surface area contributed by atoms with E-state index in [0.717, 1.165) is 32.1 Å². The molecule has 0 heterocycles. The molecule has 1 aliphatic rings. The van der Waals surface area contributed by atoms with E-state index in [2.05, 4.69) is 5.32 Å². The second-order valence-corrected chi connectivity index (χ2v) is 5.45. The lowest BCUT2D eigenvalue weighted by molar-refractivity contribution is 0.0883. The van der Waals surface area contributed by atoms with Crippen molar-refractivity contribution in [2.45, 2.75) is 37.6 Å². The van der Waals surface area contributed by atoms with Crippen molar-refractivity contribution >= 4 is 17.5 Å². The van der Waals surface area contributed by atoms with Crippen LogP contribution in [0.1, 0.15) is 42.5 Å². The number of nitrogens with one attached hydrogen (secondary N) is 1. The normalized spacial score (nSPS) is 17.8. The Kier molecular flexibility index (Phi) is 4.58. The first-order chi connectivity index (χ1) is 9.47. The molecule has 0 spiro atoms. The van der Waals surface area contributed by atoms with Crippen LogP contribution in [-0.2, 0) is 0 Å². The molecule has 1 amide bonds. The maximum Gasteiger partial charge on any atom is 0.251 e. The number of carbonyl (C=O) groups is 1. The predicted molar refractivity (Wildman–Crippen MR) is 70.3 cm³/mol. The lowest BCUT2D eigenvalue weighted by atomic mass is 9.83. The average Bonchev–Trinajstić information content (AvgIpc) is 2.45. The van der Waals surface area contributed by atoms with Crippen molar-refractivity contribution in [3.05, 3.63) is 35.1 Å². The maximum atomic E-state index is 13.1. The van der Waals surface area contributed by atoms with E-state index in [1.807, 2.05) is 0 Å². The van der Waals surface area contributed by atoms with Crippen molar-refractivity contribution in [3.8, 4) is 0 Å². The molecule has 6 heteroatoms. The van der Waals surface area contributed by atoms with Crippen LogP contribution in [-0.4, -0.2) is 17.3 Å². The Morgan fingerprint density at radius 1 is 1.15 bits per heavy atom. The zero-order chi connectivity index (χ0) is 14.8. The molecule has 0 unspecified atom stereocenters. The van der Waals surface area contributed by atoms with Crippen molar-refractivity contribution in [2.75, 3.05) is 5.88 Å². The van der Waals surface area contributed by atoms with Crippen molar-refractivity contribution in [1.29, 1.82) is 0 Å². The number of benzene rings is 1. The third-order valence-electron chi connectivity index (χ3n) is 3.69. The summed E-state index contributed by atoms with van der Waals surface area (Å²) in [4.78, 5) is 12.1. The van der Waals surface area contributed by atoms with Gasteiger partial charge in [0.1, 0.15) is 0 Å². The van der Waals surface area contributed by atoms with Gasteiger partial charge in [0.15, 0.2) is 17.5 Å². The standard InChI is InChI=1S/C14H15ClF3NO/c15-8-14(4-2-1-3-5-14)19-13(20)9-6-10(16)12(18)11(17)7-9/h6-7H,1-5,8H2,(H,19,20). The number of alkyl halides is 1. The molecular weight excluding hydrogens is 291 g/mol. The van der Waals surface area contributed by atoms with Crippen LogP contribution in [0.2, 0.25) is 0 Å². The highest BCUT2D eigenvalue weighted by molar-refractivity contribution is 6.19. The molecular formula is C14H15ClF3NO. The summed E-state index contributed by atoms with van der Waals surface area (Å²) in [5.74, 6) is -4.72. The fourth-order valence-corrected chi connectivity index (χ4v) is 2.85. The van der Waals surface area contributed by atoms with E-state index < -0.39 is 28.9 Å². The molecule has 0 aromatic heterocycles. The molecule has 0 bridgehead atoms. The fraction of sp³-hybridized carbons (Fsp3) is 0.500. The van der Waals surface area contributed by atoms with Crippen LogP contribution in [0.4, 0.5) is 13.2 Å². The third-order valence-corrected chi connectivity index (χ3v) is 4.20. The van der Waals surface area contributed by atoms with Crippen LogP contribution in [0.25, 0.3) is 0 Å². The van der Waals surface area contributed by atoms with Gasteiger partial charge in [-0.15, -0.1) is 11.6 Å². The number of hydrogen-bond donors (Lipinski definition) is 1. The van der Waals surface area contributed by atoms with Crippen LogP contribution in [0.15, 0.2) is 12.1 Å². The van der Waals surface area contributed by atoms with E-state index in [0.29, 0.717) is 12.1 Å². The average molecular weight is 306 g/mol. The zero-order valence-corrected chi connectivity index (χ0v) is 11.6. The lowest BCUT2D eigenvalue weighted by Crippen LogP contribution is -2.51. The van der Waals surface area contributed by atoms with Gasteiger partial charge in [0.2, 0.25) is 0 Å². The third kappa shape index (κ3) is 3.08. The lowest BCUT2D eigenvalue weighted by Gasteiger charge is -2.36. The number of hydrogen-bond acceptors (Lipinski definition) is 1. The number of halogens is 4. The molecule has 110 valence electrons. The van der Waals surface area contributed by atoms with Crippen LogP contribution >= 0.6 is 11.6 Å². The van der Waals surface area contributed by atoms with Gasteiger partial charge >= 0.3 is 0 Å². The summed E-state index contributed by atoms with van der Waals surface area (Å²) in [6, 6.07) is 1.39. The number of carbonyl (C=O) groups excluding carboxylic acids is 1. The van der Waals surface area contributed by atoms with Crippen LogP contribution in [0, 0.1) is 17.5 Å². The summed E-state index contributed by atoms with van der Waals surface area (Å²) >= 11 is 5.93. The smallest absolute Gasteiger partial charge is 0.251 e. The summed E-state index contributed by atoms with van der Waals surface area (Å²) in [5, 5.41) is 2.75. The Morgan fingerprint density at radius 2 is 1.70 bits per heavy atom. The van der Waals surface area contributed by atoms with Gasteiger partial charge in [0, 0.05) is 11.4 Å². The molecule has 2 nitrogen and oxygen atoms in total. The highest BCUT2D eigenvalue weighted by atomic mass is 35.5. The van der Waals surface area contributed by atoms with E-state index in [1.54, 1.807) is 0 Å². The Bertz CT molecular complexity index is 492. The highest BCUT2D eigenvalue weighted by Crippen LogP contribution is 2.29. The first-order valence-corrected chi connectivity index (χ1v) is 7.04. The summed E-state index contributed by atoms with van der Waals surface area (Å²) in [6.45, 7) is 0. The van der Waals surface area contributed by atoms with Gasteiger partial charge in [0.05, 0.1) is 5.54 Å². The molecule has 0 saturated heterocycles. The van der Waals surface area contributed by atoms with Crippen LogP contribution in [0.3, 0.4) is 0 Å². The Balaban J connectivity index is 2.19. The van der Waals surface area contributed by atoms with E-state index in [1.165, 1.54) is 0 Å². The maximum absolute atomic E-state index is 13.1. The molecule has 1 aromatic rings. The van der Waals surface area contributed by atoms with E-state index in [9.17, 15) is 18.0 Å². The first-order valence-electron chi connectivity index (χ1n) is 6.50. The largest absolute Gasteiger partial charge is 0.345 e. The molecule has 0 aliphatic heterocycles. The van der Waals surface area contributed by atoms with E-state index >= 15 is 0 Å². The summed E-state index contributed by atoms with van der Waals surface area (Å²) in [6.07, 6.45) is 4.43. The highest BCUT2D eigenvalue weighted by Gasteiger charge is 2.33. The van der Waals surface area contributed by atoms with Gasteiger partial charge in [0.25, 0.3) is 5.91 Å². The minimum atomic E-state index is -1.58. The summed E-state index contributed by atoms with van der Waals surface area (Å²) in [5.41, 5.74) is -0.783. The molecule has 0 atom stereocenters. The fourth-order valence-electron chi connectivity index (χ4n) is 2.52. The molecule has 2 rings (SSSR count). The molecule has 1 N–H and O–H groups in total. The predicted octanol–water partition coefficient (Wildman–Crippen LogP) is 3.78. The molecule has 1 aliphatic carbocycles. The SMILES string of the molecule is O=C(NC1(CCl)CCCCC1)c1cc(F)c(F)c(F)c1. The van der Waals surface area contributed by atoms with E-state index in [4.69, 9.17) is 11.6 Å². The minimum Gasteiger partial charge on any atom is -0.345 e. The molecule has 1 fully saturated rings. The summed E-state index contributed by atoms with van der Waals surface area (Å²) < 4.78 is 39.1. The second kappa shape index (κ2) is 6.04. The molecule has 1 saturated carbocycles. The Morgan fingerprint density at radius 3 is 2.20 bits per heavy atom. The molecule has 0 radical (unpaired) electrons. The summed E-state index contributed by atoms with van der Waals surface area (Å²) in [7, 11) is 0. The molecule has 1 aromatic carbocycles. The quantitative estimate of drug-likeness (QED) is 0.668. The van der Waals surface area contributed by atoms with Crippen LogP contribution in [0.5, 0.6) is 0 Å². The van der Waals surface area contributed by atoms with Crippen LogP contribution < -0.4 is 5.32 Å². The van der Waals surface area contributed by atoms with Gasteiger partial charge in [-0.05, 0) is 25.0 Å². The van der Waals surface area contributed by atoms with Crippen molar-refractivity contribution < 1.29 is 18.0 Å². The Labute approximate surface area is 120 Å². The Hall–Kier alpha value is -1.23. The molecule has 20 heavy (non-hydrogen) atoms. The van der Waals surface area contributed by atoms with Gasteiger partial charge in [-0.3, -0.25) is 4.79 Å². The van der Waals surface area contributed by atoms with E-state index in [-0.39, 0.29) is 11.4 Å².